The molecule has 2 N–H and O–H groups in total. The predicted molar refractivity (Wildman–Crippen MR) is 76.9 cm³/mol. The van der Waals surface area contributed by atoms with E-state index in [2.05, 4.69) is 28.1 Å². The molecular formula is C14H15N3S. The average molecular weight is 257 g/mol. The Labute approximate surface area is 111 Å². The zero-order valence-electron chi connectivity index (χ0n) is 10.0. The summed E-state index contributed by atoms with van der Waals surface area (Å²) in [7, 11) is 0. The highest BCUT2D eigenvalue weighted by molar-refractivity contribution is 7.99. The van der Waals surface area contributed by atoms with Crippen LogP contribution in [0.5, 0.6) is 0 Å². The highest BCUT2D eigenvalue weighted by atomic mass is 32.2. The molecule has 1 aromatic carbocycles. The number of anilines is 2. The lowest BCUT2D eigenvalue weighted by Crippen LogP contribution is -2.29. The summed E-state index contributed by atoms with van der Waals surface area (Å²) < 4.78 is 0. The molecule has 2 aromatic rings. The molecule has 3 rings (SSSR count). The number of nitrogen functional groups attached to an aromatic ring is 1. The monoisotopic (exact) mass is 257 g/mol. The van der Waals surface area contributed by atoms with Crippen LogP contribution < -0.4 is 10.6 Å². The molecule has 4 heteroatoms. The zero-order chi connectivity index (χ0) is 12.4. The summed E-state index contributed by atoms with van der Waals surface area (Å²) in [5.41, 5.74) is 9.04. The number of fused-ring (bicyclic) bond motifs is 1. The maximum absolute atomic E-state index is 5.89. The molecule has 3 nitrogen and oxygen atoms in total. The van der Waals surface area contributed by atoms with Gasteiger partial charge in [-0.05, 0) is 30.3 Å². The molecule has 2 heterocycles. The largest absolute Gasteiger partial charge is 0.399 e. The summed E-state index contributed by atoms with van der Waals surface area (Å²) in [4.78, 5) is 8.05. The Morgan fingerprint density at radius 2 is 2.22 bits per heavy atom. The van der Waals surface area contributed by atoms with Crippen molar-refractivity contribution >= 4 is 23.1 Å². The normalized spacial score (nSPS) is 14.3. The molecule has 0 bridgehead atoms. The van der Waals surface area contributed by atoms with Gasteiger partial charge >= 0.3 is 0 Å². The Bertz CT molecular complexity index is 542. The van der Waals surface area contributed by atoms with Crippen molar-refractivity contribution in [3.05, 3.63) is 48.3 Å². The third kappa shape index (κ3) is 2.29. The molecule has 0 fully saturated rings. The molecule has 0 radical (unpaired) electrons. The first kappa shape index (κ1) is 11.4. The summed E-state index contributed by atoms with van der Waals surface area (Å²) in [5, 5.41) is 0. The fraction of sp³-hybridized carbons (Fsp3) is 0.214. The Kier molecular flexibility index (Phi) is 3.11. The minimum absolute atomic E-state index is 0.822. The van der Waals surface area contributed by atoms with E-state index in [1.165, 1.54) is 10.6 Å². The second-order valence-electron chi connectivity index (χ2n) is 4.32. The van der Waals surface area contributed by atoms with Crippen molar-refractivity contribution in [3.63, 3.8) is 0 Å². The third-order valence-electron chi connectivity index (χ3n) is 3.02. The fourth-order valence-electron chi connectivity index (χ4n) is 2.14. The average Bonchev–Trinajstić information content (AvgIpc) is 2.41. The minimum atomic E-state index is 0.822. The number of pyridine rings is 1. The number of benzene rings is 1. The highest BCUT2D eigenvalue weighted by Gasteiger charge is 2.17. The van der Waals surface area contributed by atoms with Crippen molar-refractivity contribution in [2.45, 2.75) is 11.4 Å². The molecule has 0 amide bonds. The standard InChI is InChI=1S/C14H15N3S/c15-11-4-5-14-13(9-11)17(7-8-18-14)10-12-3-1-2-6-16-12/h1-6,9H,7-8,10,15H2. The molecule has 0 saturated carbocycles. The van der Waals surface area contributed by atoms with E-state index in [-0.39, 0.29) is 0 Å². The summed E-state index contributed by atoms with van der Waals surface area (Å²) in [6.45, 7) is 1.88. The summed E-state index contributed by atoms with van der Waals surface area (Å²) in [6, 6.07) is 12.2. The molecule has 18 heavy (non-hydrogen) atoms. The van der Waals surface area contributed by atoms with Crippen LogP contribution >= 0.6 is 11.8 Å². The van der Waals surface area contributed by atoms with Gasteiger partial charge in [-0.3, -0.25) is 4.98 Å². The van der Waals surface area contributed by atoms with Crippen LogP contribution in [0, 0.1) is 0 Å². The number of hydrogen-bond acceptors (Lipinski definition) is 4. The van der Waals surface area contributed by atoms with Crippen molar-refractivity contribution < 1.29 is 0 Å². The third-order valence-corrected chi connectivity index (χ3v) is 4.06. The Morgan fingerprint density at radius 1 is 1.28 bits per heavy atom. The number of thioether (sulfide) groups is 1. The van der Waals surface area contributed by atoms with Crippen molar-refractivity contribution in [1.29, 1.82) is 0 Å². The fourth-order valence-corrected chi connectivity index (χ4v) is 3.17. The molecule has 1 aromatic heterocycles. The molecule has 92 valence electrons. The molecule has 0 spiro atoms. The van der Waals surface area contributed by atoms with Gasteiger partial charge in [0.15, 0.2) is 0 Å². The number of nitrogens with two attached hydrogens (primary N) is 1. The van der Waals surface area contributed by atoms with Crippen LogP contribution in [0.2, 0.25) is 0 Å². The van der Waals surface area contributed by atoms with Gasteiger partial charge in [0.05, 0.1) is 17.9 Å². The highest BCUT2D eigenvalue weighted by Crippen LogP contribution is 2.36. The summed E-state index contributed by atoms with van der Waals surface area (Å²) in [5.74, 6) is 1.11. The molecule has 0 saturated heterocycles. The van der Waals surface area contributed by atoms with Gasteiger partial charge in [0.1, 0.15) is 0 Å². The van der Waals surface area contributed by atoms with Crippen molar-refractivity contribution in [1.82, 2.24) is 4.98 Å². The number of hydrogen-bond donors (Lipinski definition) is 1. The quantitative estimate of drug-likeness (QED) is 0.840. The van der Waals surface area contributed by atoms with E-state index in [1.54, 1.807) is 0 Å². The van der Waals surface area contributed by atoms with Gasteiger partial charge in [-0.2, -0.15) is 0 Å². The van der Waals surface area contributed by atoms with Gasteiger partial charge < -0.3 is 10.6 Å². The van der Waals surface area contributed by atoms with Crippen molar-refractivity contribution in [2.75, 3.05) is 22.9 Å². The Morgan fingerprint density at radius 3 is 3.06 bits per heavy atom. The first-order valence-electron chi connectivity index (χ1n) is 6.00. The molecule has 0 unspecified atom stereocenters. The molecular weight excluding hydrogens is 242 g/mol. The summed E-state index contributed by atoms with van der Waals surface area (Å²) >= 11 is 1.89. The van der Waals surface area contributed by atoms with Crippen molar-refractivity contribution in [3.8, 4) is 0 Å². The topological polar surface area (TPSA) is 42.1 Å². The lowest BCUT2D eigenvalue weighted by atomic mass is 10.2. The van der Waals surface area contributed by atoms with Crippen LogP contribution in [0.4, 0.5) is 11.4 Å². The maximum atomic E-state index is 5.89. The lowest BCUT2D eigenvalue weighted by molar-refractivity contribution is 0.797. The second kappa shape index (κ2) is 4.90. The van der Waals surface area contributed by atoms with Gasteiger partial charge in [0.25, 0.3) is 0 Å². The van der Waals surface area contributed by atoms with E-state index in [0.29, 0.717) is 0 Å². The van der Waals surface area contributed by atoms with Crippen molar-refractivity contribution in [2.24, 2.45) is 0 Å². The molecule has 1 aliphatic heterocycles. The van der Waals surface area contributed by atoms with E-state index in [0.717, 1.165) is 30.2 Å². The van der Waals surface area contributed by atoms with E-state index in [1.807, 2.05) is 36.2 Å². The second-order valence-corrected chi connectivity index (χ2v) is 5.46. The van der Waals surface area contributed by atoms with Gasteiger partial charge in [-0.15, -0.1) is 11.8 Å². The Hall–Kier alpha value is -1.68. The SMILES string of the molecule is Nc1ccc2c(c1)N(Cc1ccccn1)CCS2. The molecule has 0 atom stereocenters. The number of rotatable bonds is 2. The molecule has 1 aliphatic rings. The lowest BCUT2D eigenvalue weighted by Gasteiger charge is -2.30. The molecule has 0 aliphatic carbocycles. The predicted octanol–water partition coefficient (Wildman–Crippen LogP) is 2.78. The van der Waals surface area contributed by atoms with Crippen LogP contribution in [0.3, 0.4) is 0 Å². The van der Waals surface area contributed by atoms with E-state index >= 15 is 0 Å². The van der Waals surface area contributed by atoms with E-state index in [9.17, 15) is 0 Å². The van der Waals surface area contributed by atoms with Crippen LogP contribution in [0.15, 0.2) is 47.5 Å². The van der Waals surface area contributed by atoms with Gasteiger partial charge in [-0.1, -0.05) is 6.07 Å². The first-order valence-corrected chi connectivity index (χ1v) is 6.99. The smallest absolute Gasteiger partial charge is 0.0602 e. The Balaban J connectivity index is 1.89. The van der Waals surface area contributed by atoms with Crippen LogP contribution in [-0.2, 0) is 6.54 Å². The van der Waals surface area contributed by atoms with E-state index in [4.69, 9.17) is 5.73 Å². The van der Waals surface area contributed by atoms with Gasteiger partial charge in [0.2, 0.25) is 0 Å². The van der Waals surface area contributed by atoms with Gasteiger partial charge in [0, 0.05) is 29.1 Å². The maximum Gasteiger partial charge on any atom is 0.0602 e. The van der Waals surface area contributed by atoms with E-state index < -0.39 is 0 Å². The zero-order valence-corrected chi connectivity index (χ0v) is 10.9. The number of aromatic nitrogens is 1. The minimum Gasteiger partial charge on any atom is -0.399 e. The van der Waals surface area contributed by atoms with Crippen LogP contribution in [0.25, 0.3) is 0 Å². The first-order chi connectivity index (χ1) is 8.83. The van der Waals surface area contributed by atoms with Crippen LogP contribution in [0.1, 0.15) is 5.69 Å². The van der Waals surface area contributed by atoms with Gasteiger partial charge in [-0.25, -0.2) is 0 Å². The van der Waals surface area contributed by atoms with Crippen LogP contribution in [-0.4, -0.2) is 17.3 Å². The summed E-state index contributed by atoms with van der Waals surface area (Å²) in [6.07, 6.45) is 1.84. The number of nitrogens with zero attached hydrogens (tertiary/aromatic N) is 2.